The normalized spacial score (nSPS) is 26.9. The molecule has 2 atom stereocenters. The SMILES string of the molecule is CN1C[C@@H](S(=O)(=O)O)[C@@H](S(=O)(=O)O)C1.[NaH].[NaH]. The zero-order valence-corrected chi connectivity index (χ0v) is 8.99. The van der Waals surface area contributed by atoms with Crippen LogP contribution in [0.25, 0.3) is 0 Å². The van der Waals surface area contributed by atoms with Crippen LogP contribution < -0.4 is 0 Å². The average Bonchev–Trinajstić information content (AvgIpc) is 2.27. The molecule has 11 heteroatoms. The first-order chi connectivity index (χ1) is 6.12. The standard InChI is InChI=1S/C5H11NO6S2.2Na.2H/c1-6-2-4(13(7,8)9)5(3-6)14(10,11)12;;;;/h4-5H,2-3H2,1H3,(H,7,8,9)(H,10,11,12);;;;/t4-,5+;;;;. The minimum absolute atomic E-state index is 0. The molecular formula is C5H13NNa2O6S2. The topological polar surface area (TPSA) is 112 Å². The molecule has 1 heterocycles. The summed E-state index contributed by atoms with van der Waals surface area (Å²) >= 11 is 0. The summed E-state index contributed by atoms with van der Waals surface area (Å²) in [6, 6.07) is 0. The number of hydrogen-bond acceptors (Lipinski definition) is 5. The Kier molecular flexibility index (Phi) is 8.55. The van der Waals surface area contributed by atoms with E-state index in [1.165, 1.54) is 11.9 Å². The molecule has 0 bridgehead atoms. The van der Waals surface area contributed by atoms with Gasteiger partial charge >= 0.3 is 59.1 Å². The van der Waals surface area contributed by atoms with Gasteiger partial charge in [-0.15, -0.1) is 0 Å². The third kappa shape index (κ3) is 5.19. The summed E-state index contributed by atoms with van der Waals surface area (Å²) in [4.78, 5) is 1.41. The van der Waals surface area contributed by atoms with E-state index in [0.29, 0.717) is 0 Å². The van der Waals surface area contributed by atoms with Gasteiger partial charge in [0, 0.05) is 13.1 Å². The van der Waals surface area contributed by atoms with Crippen molar-refractivity contribution in [1.29, 1.82) is 0 Å². The molecular weight excluding hydrogens is 280 g/mol. The number of nitrogens with zero attached hydrogens (tertiary/aromatic N) is 1. The molecule has 1 saturated heterocycles. The van der Waals surface area contributed by atoms with Gasteiger partial charge in [0.2, 0.25) is 0 Å². The Morgan fingerprint density at radius 2 is 1.19 bits per heavy atom. The van der Waals surface area contributed by atoms with Crippen molar-refractivity contribution in [2.75, 3.05) is 20.1 Å². The van der Waals surface area contributed by atoms with Crippen molar-refractivity contribution in [2.24, 2.45) is 0 Å². The Hall–Kier alpha value is 1.78. The van der Waals surface area contributed by atoms with E-state index in [4.69, 9.17) is 9.11 Å². The van der Waals surface area contributed by atoms with Crippen LogP contribution in [0, 0.1) is 0 Å². The molecule has 1 aliphatic rings. The van der Waals surface area contributed by atoms with E-state index in [1.807, 2.05) is 0 Å². The zero-order chi connectivity index (χ0) is 11.1. The van der Waals surface area contributed by atoms with Crippen LogP contribution in [-0.2, 0) is 20.2 Å². The molecule has 0 unspecified atom stereocenters. The Bertz CT molecular complexity index is 380. The van der Waals surface area contributed by atoms with Gasteiger partial charge < -0.3 is 4.90 Å². The molecule has 2 N–H and O–H groups in total. The van der Waals surface area contributed by atoms with Gasteiger partial charge in [0.25, 0.3) is 20.2 Å². The molecule has 0 aromatic rings. The minimum atomic E-state index is -4.45. The van der Waals surface area contributed by atoms with E-state index in [0.717, 1.165) is 0 Å². The van der Waals surface area contributed by atoms with Crippen molar-refractivity contribution < 1.29 is 25.9 Å². The van der Waals surface area contributed by atoms with E-state index in [2.05, 4.69) is 0 Å². The van der Waals surface area contributed by atoms with Crippen LogP contribution in [-0.4, -0.2) is 121 Å². The molecule has 7 nitrogen and oxygen atoms in total. The maximum absolute atomic E-state index is 10.8. The maximum atomic E-state index is 10.8. The number of hydrogen-bond donors (Lipinski definition) is 2. The summed E-state index contributed by atoms with van der Waals surface area (Å²) in [5.41, 5.74) is 0. The first-order valence-electron chi connectivity index (χ1n) is 3.73. The predicted octanol–water partition coefficient (Wildman–Crippen LogP) is -2.85. The van der Waals surface area contributed by atoms with Crippen molar-refractivity contribution in [2.45, 2.75) is 10.5 Å². The van der Waals surface area contributed by atoms with Gasteiger partial charge in [0.15, 0.2) is 0 Å². The third-order valence-electron chi connectivity index (χ3n) is 2.16. The van der Waals surface area contributed by atoms with Gasteiger partial charge in [-0.1, -0.05) is 0 Å². The van der Waals surface area contributed by atoms with E-state index in [9.17, 15) is 16.8 Å². The summed E-state index contributed by atoms with van der Waals surface area (Å²) < 4.78 is 60.6. The first-order valence-corrected chi connectivity index (χ1v) is 6.74. The van der Waals surface area contributed by atoms with E-state index in [-0.39, 0.29) is 72.2 Å². The predicted molar refractivity (Wildman–Crippen MR) is 62.5 cm³/mol. The fraction of sp³-hybridized carbons (Fsp3) is 1.00. The van der Waals surface area contributed by atoms with Crippen LogP contribution >= 0.6 is 0 Å². The van der Waals surface area contributed by atoms with Gasteiger partial charge in [0.1, 0.15) is 10.5 Å². The van der Waals surface area contributed by atoms with Crippen molar-refractivity contribution in [1.82, 2.24) is 4.90 Å². The molecule has 0 aromatic carbocycles. The second kappa shape index (κ2) is 6.80. The molecule has 0 aromatic heterocycles. The second-order valence-electron chi connectivity index (χ2n) is 3.33. The van der Waals surface area contributed by atoms with Gasteiger partial charge in [-0.2, -0.15) is 16.8 Å². The van der Waals surface area contributed by atoms with E-state index >= 15 is 0 Å². The molecule has 0 saturated carbocycles. The summed E-state index contributed by atoms with van der Waals surface area (Å²) in [6.45, 7) is -0.216. The Labute approximate surface area is 139 Å². The molecule has 0 radical (unpaired) electrons. The summed E-state index contributed by atoms with van der Waals surface area (Å²) in [5.74, 6) is 0. The molecule has 1 fully saturated rings. The fourth-order valence-electron chi connectivity index (χ4n) is 1.50. The molecule has 1 aliphatic heterocycles. The monoisotopic (exact) mass is 293 g/mol. The van der Waals surface area contributed by atoms with Crippen molar-refractivity contribution in [3.8, 4) is 0 Å². The van der Waals surface area contributed by atoms with Crippen molar-refractivity contribution in [3.05, 3.63) is 0 Å². The molecule has 16 heavy (non-hydrogen) atoms. The molecule has 88 valence electrons. The van der Waals surface area contributed by atoms with Crippen LogP contribution in [0.2, 0.25) is 0 Å². The molecule has 0 amide bonds. The fourth-order valence-corrected chi connectivity index (χ4v) is 4.16. The quantitative estimate of drug-likeness (QED) is 0.416. The summed E-state index contributed by atoms with van der Waals surface area (Å²) in [6.07, 6.45) is 0. The van der Waals surface area contributed by atoms with Crippen molar-refractivity contribution in [3.63, 3.8) is 0 Å². The Balaban J connectivity index is 0. The Morgan fingerprint density at radius 1 is 0.938 bits per heavy atom. The first kappa shape index (κ1) is 20.1. The van der Waals surface area contributed by atoms with Crippen LogP contribution in [0.5, 0.6) is 0 Å². The van der Waals surface area contributed by atoms with Crippen LogP contribution in [0.1, 0.15) is 0 Å². The number of rotatable bonds is 2. The summed E-state index contributed by atoms with van der Waals surface area (Å²) in [5, 5.41) is -2.94. The van der Waals surface area contributed by atoms with Gasteiger partial charge in [-0.3, -0.25) is 9.11 Å². The zero-order valence-electron chi connectivity index (χ0n) is 7.36. The van der Waals surface area contributed by atoms with E-state index < -0.39 is 30.7 Å². The molecule has 1 rings (SSSR count). The summed E-state index contributed by atoms with van der Waals surface area (Å²) in [7, 11) is -7.39. The average molecular weight is 293 g/mol. The van der Waals surface area contributed by atoms with Crippen LogP contribution in [0.4, 0.5) is 0 Å². The van der Waals surface area contributed by atoms with Crippen LogP contribution in [0.15, 0.2) is 0 Å². The van der Waals surface area contributed by atoms with E-state index in [1.54, 1.807) is 0 Å². The molecule has 0 aliphatic carbocycles. The van der Waals surface area contributed by atoms with Gasteiger partial charge in [-0.05, 0) is 7.05 Å². The van der Waals surface area contributed by atoms with Crippen LogP contribution in [0.3, 0.4) is 0 Å². The third-order valence-corrected chi connectivity index (χ3v) is 4.82. The van der Waals surface area contributed by atoms with Gasteiger partial charge in [0.05, 0.1) is 0 Å². The number of likely N-dealkylation sites (tertiary alicyclic amines) is 1. The second-order valence-corrected chi connectivity index (χ2v) is 6.60. The van der Waals surface area contributed by atoms with Gasteiger partial charge in [-0.25, -0.2) is 0 Å². The molecule has 0 spiro atoms. The Morgan fingerprint density at radius 3 is 1.38 bits per heavy atom. The van der Waals surface area contributed by atoms with Crippen molar-refractivity contribution >= 4 is 79.4 Å².